The number of nitro benzene ring substituents is 1. The highest BCUT2D eigenvalue weighted by Gasteiger charge is 2.42. The van der Waals surface area contributed by atoms with E-state index in [2.05, 4.69) is 4.72 Å². The fourth-order valence-corrected chi connectivity index (χ4v) is 3.06. The number of nitrogens with zero attached hydrogens (tertiary/aromatic N) is 1. The average molecular weight is 321 g/mol. The van der Waals surface area contributed by atoms with Gasteiger partial charge < -0.3 is 5.11 Å². The highest BCUT2D eigenvalue weighted by atomic mass is 35.5. The molecule has 0 saturated heterocycles. The van der Waals surface area contributed by atoms with Crippen molar-refractivity contribution in [1.82, 2.24) is 4.72 Å². The largest absolute Gasteiger partial charge is 0.396 e. The summed E-state index contributed by atoms with van der Waals surface area (Å²) in [6.45, 7) is 0.0263. The van der Waals surface area contributed by atoms with Crippen molar-refractivity contribution in [2.45, 2.75) is 17.7 Å². The highest BCUT2D eigenvalue weighted by Crippen LogP contribution is 2.44. The third-order valence-corrected chi connectivity index (χ3v) is 5.07. The Balaban J connectivity index is 2.21. The minimum atomic E-state index is -3.86. The first kappa shape index (κ1) is 15.2. The fourth-order valence-electron chi connectivity index (χ4n) is 1.70. The van der Waals surface area contributed by atoms with Gasteiger partial charge in [0.1, 0.15) is 5.02 Å². The van der Waals surface area contributed by atoms with E-state index in [-0.39, 0.29) is 28.5 Å². The summed E-state index contributed by atoms with van der Waals surface area (Å²) in [6.07, 6.45) is 1.51. The number of hydrogen-bond donors (Lipinski definition) is 2. The Morgan fingerprint density at radius 2 is 2.10 bits per heavy atom. The van der Waals surface area contributed by atoms with Gasteiger partial charge in [-0.25, -0.2) is 13.1 Å². The third kappa shape index (κ3) is 3.09. The normalized spacial score (nSPS) is 16.9. The summed E-state index contributed by atoms with van der Waals surface area (Å²) in [4.78, 5) is 9.79. The second-order valence-corrected chi connectivity index (χ2v) is 7.03. The molecule has 9 heteroatoms. The van der Waals surface area contributed by atoms with Crippen LogP contribution < -0.4 is 4.72 Å². The van der Waals surface area contributed by atoms with Crippen LogP contribution in [-0.4, -0.2) is 31.6 Å². The van der Waals surface area contributed by atoms with Crippen LogP contribution in [0.3, 0.4) is 0 Å². The highest BCUT2D eigenvalue weighted by molar-refractivity contribution is 7.89. The molecule has 2 N–H and O–H groups in total. The molecule has 1 saturated carbocycles. The summed E-state index contributed by atoms with van der Waals surface area (Å²) in [6, 6.07) is 3.30. The number of nitro groups is 1. The maximum absolute atomic E-state index is 12.1. The van der Waals surface area contributed by atoms with E-state index in [0.717, 1.165) is 18.9 Å². The van der Waals surface area contributed by atoms with E-state index in [1.165, 1.54) is 12.1 Å². The molecule has 2 rings (SSSR count). The molecule has 0 aliphatic heterocycles. The molecule has 0 atom stereocenters. The zero-order chi connectivity index (χ0) is 15.0. The van der Waals surface area contributed by atoms with Crippen molar-refractivity contribution in [3.05, 3.63) is 33.3 Å². The van der Waals surface area contributed by atoms with Crippen LogP contribution in [0, 0.1) is 15.5 Å². The van der Waals surface area contributed by atoms with Gasteiger partial charge in [-0.3, -0.25) is 10.1 Å². The molecule has 1 aromatic carbocycles. The molecule has 20 heavy (non-hydrogen) atoms. The molecular formula is C11H13ClN2O5S. The van der Waals surface area contributed by atoms with Gasteiger partial charge in [0.05, 0.1) is 9.82 Å². The number of sulfonamides is 1. The predicted octanol–water partition coefficient (Wildman–Crippen LogP) is 1.30. The van der Waals surface area contributed by atoms with Crippen LogP contribution in [0.15, 0.2) is 23.1 Å². The molecule has 0 spiro atoms. The van der Waals surface area contributed by atoms with Crippen molar-refractivity contribution < 1.29 is 18.4 Å². The topological polar surface area (TPSA) is 110 Å². The standard InChI is InChI=1S/C11H13ClN2O5S/c12-9-2-1-8(5-10(9)14(16)17)20(18,19)13-6-11(7-15)3-4-11/h1-2,5,13,15H,3-4,6-7H2. The third-order valence-electron chi connectivity index (χ3n) is 3.35. The van der Waals surface area contributed by atoms with Crippen LogP contribution in [0.2, 0.25) is 5.02 Å². The molecule has 110 valence electrons. The van der Waals surface area contributed by atoms with E-state index < -0.39 is 20.6 Å². The van der Waals surface area contributed by atoms with Crippen molar-refractivity contribution >= 4 is 27.3 Å². The Hall–Kier alpha value is -1.22. The molecule has 0 heterocycles. The molecule has 0 amide bonds. The zero-order valence-corrected chi connectivity index (χ0v) is 11.9. The Morgan fingerprint density at radius 3 is 2.60 bits per heavy atom. The SMILES string of the molecule is O=[N+]([O-])c1cc(S(=O)(=O)NCC2(CO)CC2)ccc1Cl. The van der Waals surface area contributed by atoms with E-state index in [0.29, 0.717) is 0 Å². The molecule has 1 aromatic rings. The van der Waals surface area contributed by atoms with Gasteiger partial charge in [-0.05, 0) is 25.0 Å². The number of nitrogens with one attached hydrogen (secondary N) is 1. The number of aliphatic hydroxyl groups excluding tert-OH is 1. The lowest BCUT2D eigenvalue weighted by molar-refractivity contribution is -0.384. The van der Waals surface area contributed by atoms with Crippen molar-refractivity contribution in [3.8, 4) is 0 Å². The number of halogens is 1. The van der Waals surface area contributed by atoms with Crippen LogP contribution in [-0.2, 0) is 10.0 Å². The Bertz CT molecular complexity index is 642. The monoisotopic (exact) mass is 320 g/mol. The maximum Gasteiger partial charge on any atom is 0.289 e. The summed E-state index contributed by atoms with van der Waals surface area (Å²) >= 11 is 5.63. The van der Waals surface area contributed by atoms with Crippen LogP contribution in [0.5, 0.6) is 0 Å². The van der Waals surface area contributed by atoms with E-state index in [9.17, 15) is 18.5 Å². The molecule has 0 bridgehead atoms. The van der Waals surface area contributed by atoms with Crippen molar-refractivity contribution in [3.63, 3.8) is 0 Å². The van der Waals surface area contributed by atoms with Gasteiger partial charge in [-0.15, -0.1) is 0 Å². The second kappa shape index (κ2) is 5.28. The smallest absolute Gasteiger partial charge is 0.289 e. The molecule has 0 radical (unpaired) electrons. The lowest BCUT2D eigenvalue weighted by Crippen LogP contribution is -2.31. The molecule has 1 fully saturated rings. The van der Waals surface area contributed by atoms with Gasteiger partial charge in [0.15, 0.2) is 0 Å². The average Bonchev–Trinajstić information content (AvgIpc) is 3.17. The number of rotatable bonds is 6. The van der Waals surface area contributed by atoms with Crippen LogP contribution in [0.1, 0.15) is 12.8 Å². The molecular weight excluding hydrogens is 308 g/mol. The van der Waals surface area contributed by atoms with E-state index in [1.807, 2.05) is 0 Å². The fraction of sp³-hybridized carbons (Fsp3) is 0.455. The summed E-state index contributed by atoms with van der Waals surface area (Å²) in [5.41, 5.74) is -0.844. The minimum absolute atomic E-state index is 0.0870. The lowest BCUT2D eigenvalue weighted by Gasteiger charge is -2.13. The first-order chi connectivity index (χ1) is 9.30. The van der Waals surface area contributed by atoms with E-state index in [1.54, 1.807) is 0 Å². The van der Waals surface area contributed by atoms with Gasteiger partial charge in [0.2, 0.25) is 10.0 Å². The quantitative estimate of drug-likeness (QED) is 0.606. The number of hydrogen-bond acceptors (Lipinski definition) is 5. The Labute approximate surface area is 120 Å². The summed E-state index contributed by atoms with van der Waals surface area (Å²) in [5, 5.41) is 19.8. The van der Waals surface area contributed by atoms with Gasteiger partial charge in [-0.2, -0.15) is 0 Å². The molecule has 1 aliphatic rings. The lowest BCUT2D eigenvalue weighted by atomic mass is 10.1. The Morgan fingerprint density at radius 1 is 1.45 bits per heavy atom. The van der Waals surface area contributed by atoms with Gasteiger partial charge in [-0.1, -0.05) is 11.6 Å². The van der Waals surface area contributed by atoms with Gasteiger partial charge in [0.25, 0.3) is 5.69 Å². The number of aliphatic hydroxyl groups is 1. The molecule has 0 unspecified atom stereocenters. The van der Waals surface area contributed by atoms with E-state index in [4.69, 9.17) is 16.7 Å². The Kier molecular flexibility index (Phi) is 4.01. The molecule has 1 aliphatic carbocycles. The summed E-state index contributed by atoms with van der Waals surface area (Å²) in [7, 11) is -3.86. The minimum Gasteiger partial charge on any atom is -0.396 e. The van der Waals surface area contributed by atoms with Crippen LogP contribution in [0.25, 0.3) is 0 Å². The second-order valence-electron chi connectivity index (χ2n) is 4.85. The molecule has 0 aromatic heterocycles. The van der Waals surface area contributed by atoms with Gasteiger partial charge >= 0.3 is 0 Å². The first-order valence-electron chi connectivity index (χ1n) is 5.84. The zero-order valence-electron chi connectivity index (χ0n) is 10.4. The summed E-state index contributed by atoms with van der Waals surface area (Å²) < 4.78 is 26.5. The number of benzene rings is 1. The van der Waals surface area contributed by atoms with Crippen LogP contribution in [0.4, 0.5) is 5.69 Å². The van der Waals surface area contributed by atoms with E-state index >= 15 is 0 Å². The van der Waals surface area contributed by atoms with Crippen molar-refractivity contribution in [2.24, 2.45) is 5.41 Å². The van der Waals surface area contributed by atoms with Crippen LogP contribution >= 0.6 is 11.6 Å². The van der Waals surface area contributed by atoms with Crippen molar-refractivity contribution in [2.75, 3.05) is 13.2 Å². The predicted molar refractivity (Wildman–Crippen MR) is 72.0 cm³/mol. The maximum atomic E-state index is 12.1. The van der Waals surface area contributed by atoms with Crippen molar-refractivity contribution in [1.29, 1.82) is 0 Å². The van der Waals surface area contributed by atoms with Gasteiger partial charge in [0, 0.05) is 24.6 Å². The first-order valence-corrected chi connectivity index (χ1v) is 7.70. The molecule has 7 nitrogen and oxygen atoms in total. The summed E-state index contributed by atoms with van der Waals surface area (Å²) in [5.74, 6) is 0.